The lowest BCUT2D eigenvalue weighted by Gasteiger charge is -2.24. The second kappa shape index (κ2) is 9.50. The quantitative estimate of drug-likeness (QED) is 0.627. The number of hydrogen-bond acceptors (Lipinski definition) is 4. The molecular formula is C16H28N2O5. The largest absolute Gasteiger partial charge is 0.479 e. The Hall–Kier alpha value is -1.63. The highest BCUT2D eigenvalue weighted by Gasteiger charge is 2.43. The molecule has 2 amide bonds. The Labute approximate surface area is 137 Å². The molecule has 1 saturated heterocycles. The van der Waals surface area contributed by atoms with Crippen LogP contribution in [0.5, 0.6) is 0 Å². The lowest BCUT2D eigenvalue weighted by Crippen LogP contribution is -2.55. The third kappa shape index (κ3) is 5.82. The molecule has 1 fully saturated rings. The van der Waals surface area contributed by atoms with Crippen molar-refractivity contribution in [1.29, 1.82) is 0 Å². The summed E-state index contributed by atoms with van der Waals surface area (Å²) in [6.07, 6.45) is 2.97. The van der Waals surface area contributed by atoms with E-state index in [0.717, 1.165) is 25.9 Å². The first kappa shape index (κ1) is 19.4. The van der Waals surface area contributed by atoms with Crippen LogP contribution in [0.1, 0.15) is 52.4 Å². The summed E-state index contributed by atoms with van der Waals surface area (Å²) < 4.78 is 5.09. The number of amides is 2. The second-order valence-electron chi connectivity index (χ2n) is 5.97. The molecule has 0 aromatic carbocycles. The number of carbonyl (C=O) groups is 3. The summed E-state index contributed by atoms with van der Waals surface area (Å²) >= 11 is 0. The van der Waals surface area contributed by atoms with E-state index in [2.05, 4.69) is 5.32 Å². The van der Waals surface area contributed by atoms with Gasteiger partial charge in [0.15, 0.2) is 5.54 Å². The molecule has 1 aliphatic rings. The Morgan fingerprint density at radius 3 is 2.30 bits per heavy atom. The molecule has 1 rings (SSSR count). The van der Waals surface area contributed by atoms with Crippen LogP contribution in [0.15, 0.2) is 0 Å². The van der Waals surface area contributed by atoms with Crippen molar-refractivity contribution in [2.24, 2.45) is 0 Å². The van der Waals surface area contributed by atoms with Crippen molar-refractivity contribution in [3.8, 4) is 0 Å². The van der Waals surface area contributed by atoms with Crippen molar-refractivity contribution >= 4 is 17.8 Å². The molecule has 2 N–H and O–H groups in total. The fourth-order valence-electron chi connectivity index (χ4n) is 2.67. The van der Waals surface area contributed by atoms with Gasteiger partial charge in [0, 0.05) is 39.0 Å². The molecule has 1 atom stereocenters. The molecule has 0 spiro atoms. The number of rotatable bonds is 10. The van der Waals surface area contributed by atoms with Crippen molar-refractivity contribution in [3.05, 3.63) is 0 Å². The van der Waals surface area contributed by atoms with E-state index in [0.29, 0.717) is 19.4 Å². The Kier molecular flexibility index (Phi) is 8.02. The maximum Gasteiger partial charge on any atom is 0.331 e. The van der Waals surface area contributed by atoms with Gasteiger partial charge in [-0.25, -0.2) is 4.79 Å². The molecule has 0 radical (unpaired) electrons. The van der Waals surface area contributed by atoms with Crippen LogP contribution in [-0.2, 0) is 19.1 Å². The van der Waals surface area contributed by atoms with Crippen LogP contribution in [0.4, 0.5) is 0 Å². The van der Waals surface area contributed by atoms with E-state index < -0.39 is 11.5 Å². The summed E-state index contributed by atoms with van der Waals surface area (Å²) in [6, 6.07) is 0. The number of nitrogens with one attached hydrogen (secondary N) is 1. The zero-order valence-corrected chi connectivity index (χ0v) is 14.1. The number of carbonyl (C=O) groups excluding carboxylic acids is 2. The Bertz CT molecular complexity index is 413. The fraction of sp³-hybridized carbons (Fsp3) is 0.812. The third-order valence-corrected chi connectivity index (χ3v) is 3.94. The molecule has 0 bridgehead atoms. The summed E-state index contributed by atoms with van der Waals surface area (Å²) in [5.74, 6) is -1.36. The second-order valence-corrected chi connectivity index (χ2v) is 5.97. The molecule has 0 saturated carbocycles. The predicted octanol–water partition coefficient (Wildman–Crippen LogP) is 1.17. The van der Waals surface area contributed by atoms with Crippen molar-refractivity contribution in [1.82, 2.24) is 10.2 Å². The smallest absolute Gasteiger partial charge is 0.331 e. The lowest BCUT2D eigenvalue weighted by molar-refractivity contribution is -0.147. The predicted molar refractivity (Wildman–Crippen MR) is 85.0 cm³/mol. The van der Waals surface area contributed by atoms with Gasteiger partial charge in [0.2, 0.25) is 11.8 Å². The van der Waals surface area contributed by atoms with Crippen LogP contribution >= 0.6 is 0 Å². The molecule has 1 heterocycles. The van der Waals surface area contributed by atoms with Crippen molar-refractivity contribution in [3.63, 3.8) is 0 Å². The molecule has 0 aromatic rings. The summed E-state index contributed by atoms with van der Waals surface area (Å²) in [5, 5.41) is 11.8. The normalized spacial score (nSPS) is 20.3. The number of carboxylic acid groups (broad SMARTS) is 1. The molecule has 7 heteroatoms. The van der Waals surface area contributed by atoms with Gasteiger partial charge in [0.25, 0.3) is 0 Å². The highest BCUT2D eigenvalue weighted by Crippen LogP contribution is 2.19. The van der Waals surface area contributed by atoms with Gasteiger partial charge in [-0.3, -0.25) is 9.59 Å². The third-order valence-electron chi connectivity index (χ3n) is 3.94. The minimum atomic E-state index is -1.31. The van der Waals surface area contributed by atoms with Crippen molar-refractivity contribution < 1.29 is 24.2 Å². The van der Waals surface area contributed by atoms with Gasteiger partial charge >= 0.3 is 5.97 Å². The van der Waals surface area contributed by atoms with Crippen LogP contribution < -0.4 is 5.32 Å². The lowest BCUT2D eigenvalue weighted by atomic mass is 9.98. The maximum absolute atomic E-state index is 12.1. The van der Waals surface area contributed by atoms with E-state index in [1.807, 2.05) is 18.7 Å². The number of carboxylic acids is 1. The maximum atomic E-state index is 12.1. The van der Waals surface area contributed by atoms with Crippen LogP contribution in [-0.4, -0.2) is 59.6 Å². The zero-order chi connectivity index (χ0) is 17.3. The Morgan fingerprint density at radius 2 is 1.83 bits per heavy atom. The van der Waals surface area contributed by atoms with Crippen LogP contribution in [0.2, 0.25) is 0 Å². The van der Waals surface area contributed by atoms with Crippen molar-refractivity contribution in [2.45, 2.75) is 57.9 Å². The number of hydrogen-bond donors (Lipinski definition) is 2. The topological polar surface area (TPSA) is 95.9 Å². The van der Waals surface area contributed by atoms with Gasteiger partial charge in [-0.1, -0.05) is 13.8 Å². The molecule has 132 valence electrons. The van der Waals surface area contributed by atoms with Crippen LogP contribution in [0.3, 0.4) is 0 Å². The highest BCUT2D eigenvalue weighted by molar-refractivity contribution is 5.87. The fourth-order valence-corrected chi connectivity index (χ4v) is 2.67. The average molecular weight is 328 g/mol. The van der Waals surface area contributed by atoms with E-state index in [4.69, 9.17) is 4.74 Å². The van der Waals surface area contributed by atoms with E-state index in [1.54, 1.807) is 0 Å². The molecule has 23 heavy (non-hydrogen) atoms. The van der Waals surface area contributed by atoms with Gasteiger partial charge in [-0.15, -0.1) is 0 Å². The minimum absolute atomic E-state index is 0.00617. The molecule has 0 aliphatic carbocycles. The average Bonchev–Trinajstić information content (AvgIpc) is 2.96. The SMILES string of the molecule is CCCN(CCC)C(=O)CCCC(=O)NC1(C(=O)O)CCOC1. The Balaban J connectivity index is 2.38. The molecular weight excluding hydrogens is 300 g/mol. The summed E-state index contributed by atoms with van der Waals surface area (Å²) in [6.45, 7) is 5.84. The van der Waals surface area contributed by atoms with E-state index in [9.17, 15) is 19.5 Å². The number of nitrogens with zero attached hydrogens (tertiary/aromatic N) is 1. The molecule has 0 aromatic heterocycles. The van der Waals surface area contributed by atoms with Gasteiger partial charge in [-0.05, 0) is 19.3 Å². The number of ether oxygens (including phenoxy) is 1. The zero-order valence-electron chi connectivity index (χ0n) is 14.1. The van der Waals surface area contributed by atoms with Crippen LogP contribution in [0, 0.1) is 0 Å². The summed E-state index contributed by atoms with van der Waals surface area (Å²) in [5.41, 5.74) is -1.31. The van der Waals surface area contributed by atoms with Gasteiger partial charge < -0.3 is 20.1 Å². The van der Waals surface area contributed by atoms with Gasteiger partial charge in [0.05, 0.1) is 6.61 Å². The standard InChI is InChI=1S/C16H28N2O5/c1-3-9-18(10-4-2)14(20)7-5-6-13(19)17-16(15(21)22)8-11-23-12-16/h3-12H2,1-2H3,(H,17,19)(H,21,22). The molecule has 1 aliphatic heterocycles. The van der Waals surface area contributed by atoms with Gasteiger partial charge in [-0.2, -0.15) is 0 Å². The minimum Gasteiger partial charge on any atom is -0.479 e. The first-order valence-electron chi connectivity index (χ1n) is 8.35. The summed E-state index contributed by atoms with van der Waals surface area (Å²) in [7, 11) is 0. The molecule has 1 unspecified atom stereocenters. The first-order valence-corrected chi connectivity index (χ1v) is 8.35. The highest BCUT2D eigenvalue weighted by atomic mass is 16.5. The summed E-state index contributed by atoms with van der Waals surface area (Å²) in [4.78, 5) is 37.2. The monoisotopic (exact) mass is 328 g/mol. The van der Waals surface area contributed by atoms with E-state index >= 15 is 0 Å². The first-order chi connectivity index (χ1) is 10.9. The van der Waals surface area contributed by atoms with E-state index in [-0.39, 0.29) is 31.3 Å². The van der Waals surface area contributed by atoms with Crippen LogP contribution in [0.25, 0.3) is 0 Å². The van der Waals surface area contributed by atoms with Crippen molar-refractivity contribution in [2.75, 3.05) is 26.3 Å². The van der Waals surface area contributed by atoms with E-state index in [1.165, 1.54) is 0 Å². The number of aliphatic carboxylic acids is 1. The van der Waals surface area contributed by atoms with Gasteiger partial charge in [0.1, 0.15) is 0 Å². The molecule has 7 nitrogen and oxygen atoms in total. The Morgan fingerprint density at radius 1 is 1.17 bits per heavy atom.